The Morgan fingerprint density at radius 1 is 1.39 bits per heavy atom. The number of carbonyl (C=O) groups excluding carboxylic acids is 1. The van der Waals surface area contributed by atoms with Crippen molar-refractivity contribution in [1.29, 1.82) is 0 Å². The summed E-state index contributed by atoms with van der Waals surface area (Å²) in [5, 5.41) is 14.2. The fourth-order valence-electron chi connectivity index (χ4n) is 3.03. The standard InChI is InChI=1S/C14H13N5O3S/c20-12(21)9-1-2-10-11(16-9)19(8-3-5-18(10)7-8)14(22)17-13-15-4-6-23-13/h1-2,4,6,8H,3,5,7H2,(H,20,21)(H,15,17,22)/t8-/m0/s1. The topological polar surface area (TPSA) is 98.7 Å². The van der Waals surface area contributed by atoms with Crippen LogP contribution < -0.4 is 15.1 Å². The van der Waals surface area contributed by atoms with Gasteiger partial charge < -0.3 is 10.0 Å². The van der Waals surface area contributed by atoms with E-state index < -0.39 is 5.97 Å². The maximum atomic E-state index is 12.7. The Kier molecular flexibility index (Phi) is 3.15. The Labute approximate surface area is 135 Å². The number of hydrogen-bond donors (Lipinski definition) is 2. The van der Waals surface area contributed by atoms with Gasteiger partial charge in [0.2, 0.25) is 0 Å². The number of thiazole rings is 1. The molecule has 2 aliphatic heterocycles. The Balaban J connectivity index is 1.73. The summed E-state index contributed by atoms with van der Waals surface area (Å²) in [5.74, 6) is -0.714. The van der Waals surface area contributed by atoms with Gasteiger partial charge in [-0.25, -0.2) is 19.6 Å². The molecule has 2 N–H and O–H groups in total. The number of nitrogens with zero attached hydrogens (tertiary/aromatic N) is 4. The number of anilines is 3. The first-order chi connectivity index (χ1) is 11.1. The van der Waals surface area contributed by atoms with E-state index in [4.69, 9.17) is 5.11 Å². The molecule has 9 heteroatoms. The number of urea groups is 1. The molecule has 8 nitrogen and oxygen atoms in total. The molecule has 0 unspecified atom stereocenters. The van der Waals surface area contributed by atoms with E-state index in [0.717, 1.165) is 25.2 Å². The van der Waals surface area contributed by atoms with Gasteiger partial charge in [-0.05, 0) is 18.6 Å². The van der Waals surface area contributed by atoms with Crippen LogP contribution in [0.1, 0.15) is 16.9 Å². The number of hydrogen-bond acceptors (Lipinski definition) is 6. The van der Waals surface area contributed by atoms with Crippen LogP contribution >= 0.6 is 11.3 Å². The van der Waals surface area contributed by atoms with Crippen LogP contribution in [0.15, 0.2) is 23.7 Å². The van der Waals surface area contributed by atoms with Gasteiger partial charge in [0.05, 0.1) is 11.7 Å². The highest BCUT2D eigenvalue weighted by Gasteiger charge is 2.40. The van der Waals surface area contributed by atoms with Crippen molar-refractivity contribution >= 4 is 40.0 Å². The molecule has 2 aromatic heterocycles. The third kappa shape index (κ3) is 2.29. The zero-order chi connectivity index (χ0) is 16.0. The second kappa shape index (κ2) is 5.20. The molecule has 2 amide bonds. The summed E-state index contributed by atoms with van der Waals surface area (Å²) >= 11 is 1.33. The third-order valence-corrected chi connectivity index (χ3v) is 4.72. The minimum Gasteiger partial charge on any atom is -0.477 e. The van der Waals surface area contributed by atoms with Crippen LogP contribution in [-0.4, -0.2) is 46.2 Å². The van der Waals surface area contributed by atoms with Crippen LogP contribution in [0, 0.1) is 0 Å². The molecule has 2 aromatic rings. The van der Waals surface area contributed by atoms with Crippen LogP contribution in [0.25, 0.3) is 0 Å². The predicted molar refractivity (Wildman–Crippen MR) is 85.4 cm³/mol. The van der Waals surface area contributed by atoms with E-state index in [-0.39, 0.29) is 17.8 Å². The fraction of sp³-hybridized carbons (Fsp3) is 0.286. The van der Waals surface area contributed by atoms with Gasteiger partial charge in [-0.15, -0.1) is 11.3 Å². The number of pyridine rings is 1. The van der Waals surface area contributed by atoms with Gasteiger partial charge in [-0.1, -0.05) is 0 Å². The highest BCUT2D eigenvalue weighted by Crippen LogP contribution is 2.39. The average Bonchev–Trinajstić information content (AvgIpc) is 3.18. The molecule has 23 heavy (non-hydrogen) atoms. The highest BCUT2D eigenvalue weighted by atomic mass is 32.1. The number of aromatic carboxylic acids is 1. The van der Waals surface area contributed by atoms with Crippen molar-refractivity contribution in [1.82, 2.24) is 9.97 Å². The lowest BCUT2D eigenvalue weighted by atomic mass is 10.2. The minimum absolute atomic E-state index is 0.0148. The molecular formula is C14H13N5O3S. The summed E-state index contributed by atoms with van der Waals surface area (Å²) in [6.07, 6.45) is 2.44. The molecule has 0 radical (unpaired) electrons. The van der Waals surface area contributed by atoms with Crippen molar-refractivity contribution in [3.8, 4) is 0 Å². The van der Waals surface area contributed by atoms with Crippen LogP contribution in [0.5, 0.6) is 0 Å². The van der Waals surface area contributed by atoms with E-state index >= 15 is 0 Å². The lowest BCUT2D eigenvalue weighted by Gasteiger charge is -2.35. The van der Waals surface area contributed by atoms with Gasteiger partial charge in [-0.3, -0.25) is 10.2 Å². The maximum absolute atomic E-state index is 12.7. The number of fused-ring (bicyclic) bond motifs is 4. The van der Waals surface area contributed by atoms with E-state index in [2.05, 4.69) is 20.2 Å². The Morgan fingerprint density at radius 3 is 3.00 bits per heavy atom. The molecule has 0 aromatic carbocycles. The second-order valence-electron chi connectivity index (χ2n) is 5.37. The first kappa shape index (κ1) is 13.9. The number of rotatable bonds is 2. The van der Waals surface area contributed by atoms with Crippen LogP contribution in [0.3, 0.4) is 0 Å². The number of amides is 2. The van der Waals surface area contributed by atoms with Gasteiger partial charge in [0, 0.05) is 24.7 Å². The average molecular weight is 331 g/mol. The largest absolute Gasteiger partial charge is 0.477 e. The van der Waals surface area contributed by atoms with E-state index in [1.165, 1.54) is 17.4 Å². The quantitative estimate of drug-likeness (QED) is 0.871. The van der Waals surface area contributed by atoms with Gasteiger partial charge in [0.25, 0.3) is 0 Å². The first-order valence-electron chi connectivity index (χ1n) is 7.12. The third-order valence-electron chi connectivity index (χ3n) is 4.04. The van der Waals surface area contributed by atoms with Crippen molar-refractivity contribution in [2.75, 3.05) is 28.2 Å². The SMILES string of the molecule is O=C(O)c1ccc2c(n1)N(C(=O)Nc1nccs1)[C@H]1CCN2C1. The summed E-state index contributed by atoms with van der Waals surface area (Å²) in [5.41, 5.74) is 0.719. The number of nitrogens with one attached hydrogen (secondary N) is 1. The molecular weight excluding hydrogens is 318 g/mol. The first-order valence-corrected chi connectivity index (χ1v) is 8.00. The summed E-state index contributed by atoms with van der Waals surface area (Å²) in [6.45, 7) is 1.55. The number of carboxylic acid groups (broad SMARTS) is 1. The number of aromatic nitrogens is 2. The zero-order valence-electron chi connectivity index (χ0n) is 12.0. The summed E-state index contributed by atoms with van der Waals surface area (Å²) < 4.78 is 0. The Bertz CT molecular complexity index is 779. The normalized spacial score (nSPS) is 18.7. The molecule has 0 saturated carbocycles. The van der Waals surface area contributed by atoms with Crippen LogP contribution in [-0.2, 0) is 0 Å². The van der Waals surface area contributed by atoms with Gasteiger partial charge in [-0.2, -0.15) is 0 Å². The lowest BCUT2D eigenvalue weighted by molar-refractivity contribution is 0.0690. The smallest absolute Gasteiger partial charge is 0.354 e. The van der Waals surface area contributed by atoms with E-state index in [1.54, 1.807) is 22.5 Å². The van der Waals surface area contributed by atoms with Crippen molar-refractivity contribution in [2.45, 2.75) is 12.5 Å². The Morgan fingerprint density at radius 2 is 2.26 bits per heavy atom. The summed E-state index contributed by atoms with van der Waals surface area (Å²) in [7, 11) is 0. The monoisotopic (exact) mass is 331 g/mol. The van der Waals surface area contributed by atoms with E-state index in [9.17, 15) is 9.59 Å². The predicted octanol–water partition coefficient (Wildman–Crippen LogP) is 1.87. The zero-order valence-corrected chi connectivity index (χ0v) is 12.8. The minimum atomic E-state index is -1.11. The molecule has 0 spiro atoms. The molecule has 0 aliphatic carbocycles. The van der Waals surface area contributed by atoms with Gasteiger partial charge in [0.1, 0.15) is 0 Å². The molecule has 2 aliphatic rings. The van der Waals surface area contributed by atoms with Crippen molar-refractivity contribution in [2.24, 2.45) is 0 Å². The Hall–Kier alpha value is -2.68. The van der Waals surface area contributed by atoms with Gasteiger partial charge >= 0.3 is 12.0 Å². The van der Waals surface area contributed by atoms with E-state index in [0.29, 0.717) is 10.9 Å². The second-order valence-corrected chi connectivity index (χ2v) is 6.26. The number of carboxylic acids is 1. The van der Waals surface area contributed by atoms with Crippen molar-refractivity contribution in [3.05, 3.63) is 29.4 Å². The molecule has 1 atom stereocenters. The van der Waals surface area contributed by atoms with Crippen molar-refractivity contribution < 1.29 is 14.7 Å². The summed E-state index contributed by atoms with van der Waals surface area (Å²) in [4.78, 5) is 35.8. The number of carbonyl (C=O) groups is 2. The highest BCUT2D eigenvalue weighted by molar-refractivity contribution is 7.13. The molecule has 4 rings (SSSR count). The molecule has 1 fully saturated rings. The lowest BCUT2D eigenvalue weighted by Crippen LogP contribution is -2.48. The fourth-order valence-corrected chi connectivity index (χ4v) is 3.55. The van der Waals surface area contributed by atoms with E-state index in [1.807, 2.05) is 0 Å². The molecule has 1 saturated heterocycles. The van der Waals surface area contributed by atoms with Gasteiger partial charge in [0.15, 0.2) is 16.6 Å². The van der Waals surface area contributed by atoms with Crippen LogP contribution in [0.2, 0.25) is 0 Å². The molecule has 118 valence electrons. The molecule has 2 bridgehead atoms. The maximum Gasteiger partial charge on any atom is 0.354 e. The summed E-state index contributed by atoms with van der Waals surface area (Å²) in [6, 6.07) is 2.84. The molecule has 4 heterocycles. The van der Waals surface area contributed by atoms with Crippen molar-refractivity contribution in [3.63, 3.8) is 0 Å². The van der Waals surface area contributed by atoms with Crippen LogP contribution in [0.4, 0.5) is 21.4 Å².